The monoisotopic (exact) mass is 634 g/mol. The molecule has 0 saturated heterocycles. The molecule has 0 aliphatic rings. The van der Waals surface area contributed by atoms with Crippen molar-refractivity contribution >= 4 is 27.8 Å². The zero-order chi connectivity index (χ0) is 31.8. The van der Waals surface area contributed by atoms with E-state index in [0.717, 1.165) is 0 Å². The predicted octanol–water partition coefficient (Wildman–Crippen LogP) is 4.16. The fourth-order valence-electron chi connectivity index (χ4n) is 3.90. The van der Waals surface area contributed by atoms with Crippen LogP contribution in [-0.2, 0) is 14.8 Å². The molecule has 0 unspecified atom stereocenters. The number of hydrogen-bond acceptors (Lipinski definition) is 14. The van der Waals surface area contributed by atoms with Crippen molar-refractivity contribution in [1.82, 2.24) is 30.1 Å². The van der Waals surface area contributed by atoms with Crippen LogP contribution >= 0.6 is 0 Å². The highest BCUT2D eigenvalue weighted by molar-refractivity contribution is 7.92. The van der Waals surface area contributed by atoms with Gasteiger partial charge in [0.15, 0.2) is 33.8 Å². The molecule has 16 nitrogen and oxygen atoms in total. The van der Waals surface area contributed by atoms with Crippen LogP contribution in [0.5, 0.6) is 23.1 Å². The summed E-state index contributed by atoms with van der Waals surface area (Å²) in [6, 6.07) is 13.2. The average Bonchev–Trinajstić information content (AvgIpc) is 3.39. The van der Waals surface area contributed by atoms with Gasteiger partial charge in [0.25, 0.3) is 15.9 Å². The molecular weight excluding hydrogens is 608 g/mol. The lowest BCUT2D eigenvalue weighted by atomic mass is 10.3. The Hall–Kier alpha value is -5.84. The number of nitrogens with zero attached hydrogens (tertiary/aromatic N) is 6. The molecule has 5 rings (SSSR count). The normalized spacial score (nSPS) is 11.0. The van der Waals surface area contributed by atoms with Crippen LogP contribution in [0.2, 0.25) is 0 Å². The Balaban J connectivity index is 1.51. The quantitative estimate of drug-likeness (QED) is 0.185. The summed E-state index contributed by atoms with van der Waals surface area (Å²) in [6.45, 7) is 2.50. The molecule has 0 bridgehead atoms. The molecule has 0 radical (unpaired) electrons. The lowest BCUT2D eigenvalue weighted by molar-refractivity contribution is 0.135. The minimum atomic E-state index is -4.33. The van der Waals surface area contributed by atoms with E-state index in [1.165, 1.54) is 39.5 Å². The summed E-state index contributed by atoms with van der Waals surface area (Å²) >= 11 is 0. The Bertz CT molecular complexity index is 1870. The molecule has 5 aromatic rings. The molecule has 0 saturated carbocycles. The maximum absolute atomic E-state index is 13.6. The first kappa shape index (κ1) is 30.6. The number of para-hydroxylation sites is 2. The van der Waals surface area contributed by atoms with Crippen LogP contribution in [0.15, 0.2) is 76.5 Å². The van der Waals surface area contributed by atoms with Gasteiger partial charge in [0.1, 0.15) is 24.7 Å². The second-order valence-corrected chi connectivity index (χ2v) is 10.6. The summed E-state index contributed by atoms with van der Waals surface area (Å²) in [5, 5.41) is 6.23. The number of sulfonamides is 1. The number of aromatic nitrogens is 6. The highest BCUT2D eigenvalue weighted by atomic mass is 32.2. The molecule has 0 aliphatic carbocycles. The molecule has 0 atom stereocenters. The van der Waals surface area contributed by atoms with Crippen LogP contribution in [0.25, 0.3) is 11.6 Å². The lowest BCUT2D eigenvalue weighted by Gasteiger charge is -2.18. The predicted molar refractivity (Wildman–Crippen MR) is 158 cm³/mol. The molecule has 232 valence electrons. The molecule has 0 spiro atoms. The Morgan fingerprint density at radius 1 is 0.889 bits per heavy atom. The van der Waals surface area contributed by atoms with Crippen LogP contribution in [0, 0.1) is 13.8 Å². The number of hydrogen-bond donors (Lipinski definition) is 2. The third-order valence-electron chi connectivity index (χ3n) is 5.80. The van der Waals surface area contributed by atoms with Gasteiger partial charge in [-0.1, -0.05) is 23.4 Å². The van der Waals surface area contributed by atoms with Gasteiger partial charge in [-0.3, -0.25) is 10.0 Å². The summed E-state index contributed by atoms with van der Waals surface area (Å²) in [6.07, 6.45) is 3.68. The molecule has 2 N–H and O–H groups in total. The molecule has 17 heteroatoms. The maximum atomic E-state index is 13.6. The smallest absolute Gasteiger partial charge is 0.412 e. The first-order valence-electron chi connectivity index (χ1n) is 13.2. The van der Waals surface area contributed by atoms with Gasteiger partial charge in [-0.25, -0.2) is 33.1 Å². The van der Waals surface area contributed by atoms with Crippen LogP contribution in [0.4, 0.5) is 16.4 Å². The van der Waals surface area contributed by atoms with Crippen LogP contribution in [-0.4, -0.2) is 64.9 Å². The Morgan fingerprint density at radius 3 is 2.31 bits per heavy atom. The van der Waals surface area contributed by atoms with Gasteiger partial charge in [0.2, 0.25) is 11.6 Å². The fraction of sp³-hybridized carbons (Fsp3) is 0.179. The number of rotatable bonds is 12. The van der Waals surface area contributed by atoms with E-state index in [1.807, 2.05) is 0 Å². The van der Waals surface area contributed by atoms with Crippen molar-refractivity contribution in [1.29, 1.82) is 0 Å². The number of carbonyl (C=O) groups is 1. The highest BCUT2D eigenvalue weighted by Crippen LogP contribution is 2.41. The minimum absolute atomic E-state index is 0.0606. The van der Waals surface area contributed by atoms with E-state index in [0.29, 0.717) is 11.6 Å². The molecule has 1 amide bonds. The molecule has 4 heterocycles. The number of methoxy groups -OCH3 is 1. The standard InChI is InChI=1S/C28H26N8O8S/c1-17-23(18(2)44-35-17)45(38,39)36-24-22(43-20-10-5-4-9-19(20)40-3)27(34-26(33-24)25-30-13-8-14-31-25)41-15-16-42-28(37)32-21-11-6-7-12-29-21/h4-14H,15-16H2,1-3H3,(H,29,32,37)(H,33,34,36). The lowest BCUT2D eigenvalue weighted by Crippen LogP contribution is -2.19. The second-order valence-electron chi connectivity index (χ2n) is 8.94. The molecule has 0 aliphatic heterocycles. The number of nitrogens with one attached hydrogen (secondary N) is 2. The molecule has 0 fully saturated rings. The first-order valence-corrected chi connectivity index (χ1v) is 14.7. The van der Waals surface area contributed by atoms with Crippen molar-refractivity contribution in [3.8, 4) is 34.8 Å². The van der Waals surface area contributed by atoms with Gasteiger partial charge in [0, 0.05) is 18.6 Å². The zero-order valence-electron chi connectivity index (χ0n) is 24.1. The largest absolute Gasteiger partial charge is 0.493 e. The number of pyridine rings is 1. The van der Waals surface area contributed by atoms with Gasteiger partial charge >= 0.3 is 6.09 Å². The van der Waals surface area contributed by atoms with E-state index in [-0.39, 0.29) is 64.4 Å². The van der Waals surface area contributed by atoms with Crippen LogP contribution in [0.3, 0.4) is 0 Å². The number of carbonyl (C=O) groups excluding carboxylic acids is 1. The number of benzene rings is 1. The summed E-state index contributed by atoms with van der Waals surface area (Å²) < 4.78 is 57.3. The van der Waals surface area contributed by atoms with E-state index in [1.54, 1.807) is 48.5 Å². The van der Waals surface area contributed by atoms with Gasteiger partial charge in [0.05, 0.1) is 7.11 Å². The van der Waals surface area contributed by atoms with Crippen molar-refractivity contribution in [3.05, 3.63) is 78.6 Å². The molecule has 1 aromatic carbocycles. The minimum Gasteiger partial charge on any atom is -0.493 e. The van der Waals surface area contributed by atoms with E-state index in [4.69, 9.17) is 23.5 Å². The number of anilines is 2. The van der Waals surface area contributed by atoms with Crippen molar-refractivity contribution in [3.63, 3.8) is 0 Å². The zero-order valence-corrected chi connectivity index (χ0v) is 24.9. The average molecular weight is 635 g/mol. The van der Waals surface area contributed by atoms with Crippen molar-refractivity contribution < 1.29 is 36.7 Å². The van der Waals surface area contributed by atoms with Crippen LogP contribution in [0.1, 0.15) is 11.5 Å². The van der Waals surface area contributed by atoms with E-state index < -0.39 is 16.1 Å². The SMILES string of the molecule is COc1ccccc1Oc1c(NS(=O)(=O)c2c(C)noc2C)nc(-c2ncccn2)nc1OCCOC(=O)Nc1ccccn1. The summed E-state index contributed by atoms with van der Waals surface area (Å²) in [5.41, 5.74) is 0.130. The van der Waals surface area contributed by atoms with E-state index in [2.05, 4.69) is 40.1 Å². The summed E-state index contributed by atoms with van der Waals surface area (Å²) in [7, 11) is -2.89. The van der Waals surface area contributed by atoms with Crippen molar-refractivity contribution in [2.75, 3.05) is 30.4 Å². The summed E-state index contributed by atoms with van der Waals surface area (Å²) in [5.74, 6) is 0.0882. The molecule has 45 heavy (non-hydrogen) atoms. The Morgan fingerprint density at radius 2 is 1.62 bits per heavy atom. The maximum Gasteiger partial charge on any atom is 0.412 e. The van der Waals surface area contributed by atoms with Crippen LogP contribution < -0.4 is 24.2 Å². The topological polar surface area (TPSA) is 203 Å². The number of amides is 1. The highest BCUT2D eigenvalue weighted by Gasteiger charge is 2.29. The van der Waals surface area contributed by atoms with Gasteiger partial charge < -0.3 is 23.5 Å². The number of ether oxygens (including phenoxy) is 4. The van der Waals surface area contributed by atoms with Crippen molar-refractivity contribution in [2.45, 2.75) is 18.7 Å². The van der Waals surface area contributed by atoms with Gasteiger partial charge in [-0.2, -0.15) is 4.98 Å². The van der Waals surface area contributed by atoms with Crippen molar-refractivity contribution in [2.24, 2.45) is 0 Å². The molecular formula is C28H26N8O8S. The van der Waals surface area contributed by atoms with Gasteiger partial charge in [-0.15, -0.1) is 0 Å². The van der Waals surface area contributed by atoms with E-state index >= 15 is 0 Å². The summed E-state index contributed by atoms with van der Waals surface area (Å²) in [4.78, 5) is 33.2. The number of aryl methyl sites for hydroxylation is 2. The fourth-order valence-corrected chi connectivity index (χ4v) is 5.24. The Kier molecular flexibility index (Phi) is 9.28. The third-order valence-corrected chi connectivity index (χ3v) is 7.38. The van der Waals surface area contributed by atoms with E-state index in [9.17, 15) is 13.2 Å². The molecule has 4 aromatic heterocycles. The van der Waals surface area contributed by atoms with Gasteiger partial charge in [-0.05, 0) is 44.2 Å². The first-order chi connectivity index (χ1) is 21.7. The third kappa shape index (κ3) is 7.39. The second kappa shape index (κ2) is 13.6. The Labute approximate surface area is 256 Å².